The molecule has 3 rings (SSSR count). The van der Waals surface area contributed by atoms with Gasteiger partial charge in [0, 0.05) is 25.9 Å². The molecular weight excluding hydrogens is 320 g/mol. The average molecular weight is 351 g/mol. The summed E-state index contributed by atoms with van der Waals surface area (Å²) in [5.74, 6) is 0.405. The quantitative estimate of drug-likeness (QED) is 0.429. The lowest BCUT2D eigenvalue weighted by Gasteiger charge is -2.20. The van der Waals surface area contributed by atoms with Crippen molar-refractivity contribution in [3.8, 4) is 0 Å². The number of nitrogens with zero attached hydrogens (tertiary/aromatic N) is 2. The summed E-state index contributed by atoms with van der Waals surface area (Å²) in [5, 5.41) is 4.56. The van der Waals surface area contributed by atoms with Crippen molar-refractivity contribution in [1.82, 2.24) is 9.78 Å². The van der Waals surface area contributed by atoms with E-state index in [1.54, 1.807) is 0 Å². The number of esters is 1. The Morgan fingerprint density at radius 1 is 1.42 bits per heavy atom. The molecule has 24 heavy (non-hydrogen) atoms. The molecule has 0 amide bonds. The Morgan fingerprint density at radius 2 is 2.17 bits per heavy atom. The molecule has 6 heteroatoms. The van der Waals surface area contributed by atoms with Crippen LogP contribution < -0.4 is 0 Å². The van der Waals surface area contributed by atoms with Gasteiger partial charge < -0.3 is 9.47 Å². The molecule has 1 aromatic rings. The topological polar surface area (TPSA) is 53.3 Å². The summed E-state index contributed by atoms with van der Waals surface area (Å²) in [7, 11) is -1.09. The van der Waals surface area contributed by atoms with Crippen LogP contribution in [0.3, 0.4) is 0 Å². The number of ether oxygens (including phenoxy) is 2. The first-order valence-electron chi connectivity index (χ1n) is 9.07. The van der Waals surface area contributed by atoms with E-state index >= 15 is 0 Å². The number of fused-ring (bicyclic) bond motifs is 2. The molecule has 1 heterocycles. The van der Waals surface area contributed by atoms with Gasteiger partial charge in [-0.15, -0.1) is 0 Å². The Balaban J connectivity index is 1.75. The van der Waals surface area contributed by atoms with Gasteiger partial charge in [0.05, 0.1) is 6.61 Å². The first kappa shape index (κ1) is 17.7. The van der Waals surface area contributed by atoms with Gasteiger partial charge in [-0.25, -0.2) is 9.48 Å². The van der Waals surface area contributed by atoms with Crippen molar-refractivity contribution >= 4 is 14.0 Å². The largest absolute Gasteiger partial charge is 0.461 e. The predicted molar refractivity (Wildman–Crippen MR) is 95.9 cm³/mol. The smallest absolute Gasteiger partial charge is 0.359 e. The number of carbonyl (C=O) groups is 1. The van der Waals surface area contributed by atoms with Crippen LogP contribution in [0.5, 0.6) is 0 Å². The molecule has 5 nitrogen and oxygen atoms in total. The summed E-state index contributed by atoms with van der Waals surface area (Å²) in [4.78, 5) is 12.3. The molecule has 0 N–H and O–H groups in total. The molecule has 0 unspecified atom stereocenters. The minimum Gasteiger partial charge on any atom is -0.461 e. The lowest BCUT2D eigenvalue weighted by atomic mass is 9.87. The van der Waals surface area contributed by atoms with Crippen molar-refractivity contribution in [3.63, 3.8) is 0 Å². The van der Waals surface area contributed by atoms with Crippen LogP contribution in [0, 0.1) is 11.3 Å². The van der Waals surface area contributed by atoms with Gasteiger partial charge >= 0.3 is 5.97 Å². The van der Waals surface area contributed by atoms with Gasteiger partial charge in [0.25, 0.3) is 0 Å². The Morgan fingerprint density at radius 3 is 2.83 bits per heavy atom. The van der Waals surface area contributed by atoms with E-state index in [1.807, 2.05) is 11.6 Å². The van der Waals surface area contributed by atoms with E-state index in [4.69, 9.17) is 9.47 Å². The summed E-state index contributed by atoms with van der Waals surface area (Å²) < 4.78 is 13.0. The molecule has 0 radical (unpaired) electrons. The number of hydrogen-bond acceptors (Lipinski definition) is 4. The molecular formula is C18H30N2O3Si. The molecule has 0 aromatic carbocycles. The number of hydrogen-bond donors (Lipinski definition) is 0. The van der Waals surface area contributed by atoms with Crippen molar-refractivity contribution in [2.75, 3.05) is 13.2 Å². The normalized spacial score (nSPS) is 25.1. The maximum Gasteiger partial charge on any atom is 0.359 e. The van der Waals surface area contributed by atoms with E-state index in [0.717, 1.165) is 31.1 Å². The Labute approximate surface area is 145 Å². The first-order chi connectivity index (χ1) is 11.2. The van der Waals surface area contributed by atoms with Crippen LogP contribution in [0.1, 0.15) is 42.0 Å². The van der Waals surface area contributed by atoms with Crippen LogP contribution >= 0.6 is 0 Å². The SMILES string of the molecule is CCOC(=O)c1nn(COCC[Si](C)(C)C)c2c1C[C@@H]1C[C@]1(C)C2. The van der Waals surface area contributed by atoms with Crippen molar-refractivity contribution < 1.29 is 14.3 Å². The van der Waals surface area contributed by atoms with Gasteiger partial charge in [-0.3, -0.25) is 0 Å². The van der Waals surface area contributed by atoms with Crippen LogP contribution in [0.25, 0.3) is 0 Å². The molecule has 2 aliphatic rings. The molecule has 1 aromatic heterocycles. The second kappa shape index (κ2) is 6.30. The Bertz CT molecular complexity index is 635. The van der Waals surface area contributed by atoms with E-state index in [0.29, 0.717) is 30.4 Å². The molecule has 2 atom stereocenters. The van der Waals surface area contributed by atoms with E-state index < -0.39 is 8.07 Å². The molecule has 2 aliphatic carbocycles. The lowest BCUT2D eigenvalue weighted by molar-refractivity contribution is 0.0509. The third kappa shape index (κ3) is 3.59. The van der Waals surface area contributed by atoms with Gasteiger partial charge in [-0.05, 0) is 43.6 Å². The van der Waals surface area contributed by atoms with E-state index in [9.17, 15) is 4.79 Å². The van der Waals surface area contributed by atoms with Crippen molar-refractivity contribution in [2.45, 2.75) is 65.5 Å². The lowest BCUT2D eigenvalue weighted by Crippen LogP contribution is -2.23. The van der Waals surface area contributed by atoms with Crippen LogP contribution in [0.15, 0.2) is 0 Å². The van der Waals surface area contributed by atoms with Gasteiger partial charge in [-0.2, -0.15) is 5.10 Å². The van der Waals surface area contributed by atoms with E-state index in [1.165, 1.54) is 12.1 Å². The third-order valence-electron chi connectivity index (χ3n) is 5.41. The first-order valence-corrected chi connectivity index (χ1v) is 12.8. The molecule has 1 saturated carbocycles. The zero-order chi connectivity index (χ0) is 17.5. The van der Waals surface area contributed by atoms with Crippen molar-refractivity contribution in [3.05, 3.63) is 17.0 Å². The fourth-order valence-electron chi connectivity index (χ4n) is 3.61. The van der Waals surface area contributed by atoms with Gasteiger partial charge in [0.1, 0.15) is 6.73 Å². The highest BCUT2D eigenvalue weighted by Crippen LogP contribution is 2.59. The highest BCUT2D eigenvalue weighted by molar-refractivity contribution is 6.76. The van der Waals surface area contributed by atoms with Gasteiger partial charge in [0.2, 0.25) is 0 Å². The summed E-state index contributed by atoms with van der Waals surface area (Å²) in [6, 6.07) is 1.14. The fraction of sp³-hybridized carbons (Fsp3) is 0.778. The maximum absolute atomic E-state index is 12.3. The molecule has 1 fully saturated rings. The van der Waals surface area contributed by atoms with Crippen LogP contribution in [-0.4, -0.2) is 37.0 Å². The average Bonchev–Trinajstić information content (AvgIpc) is 3.02. The summed E-state index contributed by atoms with van der Waals surface area (Å²) in [6.45, 7) is 12.8. The Hall–Kier alpha value is -1.14. The number of aromatic nitrogens is 2. The monoisotopic (exact) mass is 350 g/mol. The standard InChI is InChI=1S/C18H30N2O3Si/c1-6-23-17(21)16-14-9-13-10-18(13,2)11-15(14)20(19-16)12-22-7-8-24(3,4)5/h13H,6-12H2,1-5H3/t13-,18-/m1/s1. The third-order valence-corrected chi connectivity index (χ3v) is 7.11. The second-order valence-corrected chi connectivity index (χ2v) is 14.4. The van der Waals surface area contributed by atoms with Crippen LogP contribution in [0.2, 0.25) is 25.7 Å². The molecule has 0 spiro atoms. The molecule has 0 bridgehead atoms. The predicted octanol–water partition coefficient (Wildman–Crippen LogP) is 3.50. The molecule has 134 valence electrons. The van der Waals surface area contributed by atoms with Gasteiger partial charge in [-0.1, -0.05) is 26.6 Å². The molecule has 0 aliphatic heterocycles. The van der Waals surface area contributed by atoms with E-state index in [2.05, 4.69) is 31.7 Å². The van der Waals surface area contributed by atoms with Gasteiger partial charge in [0.15, 0.2) is 5.69 Å². The second-order valence-electron chi connectivity index (χ2n) is 8.78. The van der Waals surface area contributed by atoms with E-state index in [-0.39, 0.29) is 5.97 Å². The fourth-order valence-corrected chi connectivity index (χ4v) is 4.37. The van der Waals surface area contributed by atoms with Crippen LogP contribution in [-0.2, 0) is 29.0 Å². The summed E-state index contributed by atoms with van der Waals surface area (Å²) in [6.07, 6.45) is 3.20. The maximum atomic E-state index is 12.3. The Kier molecular flexibility index (Phi) is 4.64. The highest BCUT2D eigenvalue weighted by atomic mass is 28.3. The summed E-state index contributed by atoms with van der Waals surface area (Å²) in [5.41, 5.74) is 3.19. The minimum atomic E-state index is -1.09. The van der Waals surface area contributed by atoms with Crippen LogP contribution in [0.4, 0.5) is 0 Å². The summed E-state index contributed by atoms with van der Waals surface area (Å²) >= 11 is 0. The molecule has 0 saturated heterocycles. The zero-order valence-corrected chi connectivity index (χ0v) is 16.6. The highest BCUT2D eigenvalue weighted by Gasteiger charge is 2.54. The number of rotatable bonds is 7. The van der Waals surface area contributed by atoms with Crippen molar-refractivity contribution in [1.29, 1.82) is 0 Å². The minimum absolute atomic E-state index is 0.293. The van der Waals surface area contributed by atoms with Crippen molar-refractivity contribution in [2.24, 2.45) is 11.3 Å². The number of carbonyl (C=O) groups excluding carboxylic acids is 1. The zero-order valence-electron chi connectivity index (χ0n) is 15.6.